The zero-order valence-corrected chi connectivity index (χ0v) is 25.1. The number of anilines is 1. The third-order valence-corrected chi connectivity index (χ3v) is 9.16. The third-order valence-electron chi connectivity index (χ3n) is 8.23. The maximum absolute atomic E-state index is 14.7. The molecule has 4 aromatic heterocycles. The number of ether oxygens (including phenoxy) is 1. The minimum Gasteiger partial charge on any atom is -0.493 e. The highest BCUT2D eigenvalue weighted by atomic mass is 32.1. The maximum Gasteiger partial charge on any atom is 0.246 e. The standard InChI is InChI=1S/C33H30FN7O3S/c1-2-29(43)40-10-11-41-22(17-40)16-25(39-41)32-30(33-24(7-12-45-33)31(38-32)20-6-9-36-27(35)14-20)23-4-3-21(34)15-26(23)44-18-19-5-8-37-28(42)13-19/h2-4,6-7,9,12,14-16,19H,1,5,8,10-11,13,17-18H2,(H2,35,36)(H,37,42). The monoisotopic (exact) mass is 623 g/mol. The molecule has 0 radical (unpaired) electrons. The number of hydrogen-bond donors (Lipinski definition) is 2. The maximum atomic E-state index is 14.7. The molecule has 10 nitrogen and oxygen atoms in total. The molecule has 1 fully saturated rings. The van der Waals surface area contributed by atoms with Gasteiger partial charge in [0, 0.05) is 64.5 Å². The average molecular weight is 624 g/mol. The number of nitrogens with two attached hydrogens (primary N) is 1. The Kier molecular flexibility index (Phi) is 7.50. The van der Waals surface area contributed by atoms with Gasteiger partial charge in [-0.05, 0) is 54.3 Å². The SMILES string of the molecule is C=CC(=O)N1CCn2nc(-c3nc(-c4ccnc(N)c4)c4ccsc4c3-c3ccc(F)cc3OCC3CCNC(=O)C3)cc2C1. The normalized spacial score (nSPS) is 16.3. The molecule has 12 heteroatoms. The summed E-state index contributed by atoms with van der Waals surface area (Å²) in [6.45, 7) is 5.93. The summed E-state index contributed by atoms with van der Waals surface area (Å²) in [5, 5.41) is 10.7. The first kappa shape index (κ1) is 28.7. The van der Waals surface area contributed by atoms with Crippen molar-refractivity contribution in [1.29, 1.82) is 0 Å². The van der Waals surface area contributed by atoms with E-state index in [0.29, 0.717) is 66.8 Å². The van der Waals surface area contributed by atoms with Crippen LogP contribution in [0, 0.1) is 11.7 Å². The molecule has 1 unspecified atom stereocenters. The summed E-state index contributed by atoms with van der Waals surface area (Å²) in [6, 6.07) is 12.1. The van der Waals surface area contributed by atoms with Gasteiger partial charge in [0.05, 0.1) is 31.1 Å². The summed E-state index contributed by atoms with van der Waals surface area (Å²) >= 11 is 1.54. The number of nitrogen functional groups attached to an aromatic ring is 1. The smallest absolute Gasteiger partial charge is 0.246 e. The molecule has 0 bridgehead atoms. The van der Waals surface area contributed by atoms with E-state index >= 15 is 0 Å². The lowest BCUT2D eigenvalue weighted by molar-refractivity contribution is -0.127. The van der Waals surface area contributed by atoms with Gasteiger partial charge in [-0.15, -0.1) is 11.3 Å². The summed E-state index contributed by atoms with van der Waals surface area (Å²) in [6.07, 6.45) is 4.12. The van der Waals surface area contributed by atoms with Crippen molar-refractivity contribution in [1.82, 2.24) is 30.0 Å². The van der Waals surface area contributed by atoms with E-state index in [4.69, 9.17) is 20.6 Å². The number of pyridine rings is 2. The fourth-order valence-corrected chi connectivity index (χ4v) is 6.96. The van der Waals surface area contributed by atoms with Crippen LogP contribution in [0.15, 0.2) is 66.7 Å². The molecule has 45 heavy (non-hydrogen) atoms. The highest BCUT2D eigenvalue weighted by Gasteiger charge is 2.27. The lowest BCUT2D eigenvalue weighted by atomic mass is 9.96. The van der Waals surface area contributed by atoms with Crippen LogP contribution in [0.3, 0.4) is 0 Å². The predicted octanol–water partition coefficient (Wildman–Crippen LogP) is 5.04. The number of hydrogen-bond acceptors (Lipinski definition) is 8. The number of aromatic nitrogens is 4. The molecule has 3 N–H and O–H groups in total. The molecule has 6 heterocycles. The van der Waals surface area contributed by atoms with E-state index < -0.39 is 5.82 Å². The third kappa shape index (κ3) is 5.53. The van der Waals surface area contributed by atoms with Gasteiger partial charge in [0.1, 0.15) is 28.8 Å². The fraction of sp³-hybridized carbons (Fsp3) is 0.242. The molecular formula is C33H30FN7O3S. The van der Waals surface area contributed by atoms with Crippen LogP contribution in [-0.4, -0.2) is 56.2 Å². The lowest BCUT2D eigenvalue weighted by Crippen LogP contribution is -2.37. The molecule has 1 aromatic carbocycles. The number of benzene rings is 1. The Labute approximate surface area is 262 Å². The summed E-state index contributed by atoms with van der Waals surface area (Å²) in [7, 11) is 0. The van der Waals surface area contributed by atoms with Gasteiger partial charge in [-0.3, -0.25) is 14.3 Å². The van der Waals surface area contributed by atoms with Gasteiger partial charge in [-0.1, -0.05) is 6.58 Å². The summed E-state index contributed by atoms with van der Waals surface area (Å²) in [4.78, 5) is 35.5. The van der Waals surface area contributed by atoms with Crippen molar-refractivity contribution in [3.63, 3.8) is 0 Å². The Morgan fingerprint density at radius 1 is 1.20 bits per heavy atom. The number of nitrogens with zero attached hydrogens (tertiary/aromatic N) is 5. The first-order valence-electron chi connectivity index (χ1n) is 14.7. The Morgan fingerprint density at radius 2 is 2.09 bits per heavy atom. The van der Waals surface area contributed by atoms with E-state index in [2.05, 4.69) is 16.9 Å². The lowest BCUT2D eigenvalue weighted by Gasteiger charge is -2.26. The first-order chi connectivity index (χ1) is 21.9. The largest absolute Gasteiger partial charge is 0.493 e. The Balaban J connectivity index is 1.40. The molecule has 2 aliphatic rings. The van der Waals surface area contributed by atoms with Crippen molar-refractivity contribution in [2.24, 2.45) is 5.92 Å². The summed E-state index contributed by atoms with van der Waals surface area (Å²) in [5.74, 6) is 0.189. The number of carbonyl (C=O) groups is 2. The van der Waals surface area contributed by atoms with Crippen LogP contribution in [-0.2, 0) is 22.7 Å². The summed E-state index contributed by atoms with van der Waals surface area (Å²) < 4.78 is 23.9. The van der Waals surface area contributed by atoms with Crippen LogP contribution in [0.2, 0.25) is 0 Å². The second-order valence-electron chi connectivity index (χ2n) is 11.2. The van der Waals surface area contributed by atoms with Gasteiger partial charge in [-0.25, -0.2) is 14.4 Å². The number of fused-ring (bicyclic) bond motifs is 2. The van der Waals surface area contributed by atoms with Gasteiger partial charge in [0.2, 0.25) is 11.8 Å². The zero-order chi connectivity index (χ0) is 31.1. The number of piperidine rings is 1. The minimum absolute atomic E-state index is 0.00876. The average Bonchev–Trinajstić information content (AvgIpc) is 3.70. The molecule has 2 amide bonds. The fourth-order valence-electron chi connectivity index (χ4n) is 6.00. The first-order valence-corrected chi connectivity index (χ1v) is 15.6. The molecular weight excluding hydrogens is 593 g/mol. The van der Waals surface area contributed by atoms with E-state index in [9.17, 15) is 14.0 Å². The number of carbonyl (C=O) groups excluding carboxylic acids is 2. The highest BCUT2D eigenvalue weighted by Crippen LogP contribution is 2.46. The molecule has 7 rings (SSSR count). The van der Waals surface area contributed by atoms with Crippen molar-refractivity contribution in [3.8, 4) is 39.5 Å². The van der Waals surface area contributed by atoms with Gasteiger partial charge >= 0.3 is 0 Å². The summed E-state index contributed by atoms with van der Waals surface area (Å²) in [5.41, 5.74) is 11.1. The molecule has 1 atom stereocenters. The molecule has 228 valence electrons. The van der Waals surface area contributed by atoms with Crippen molar-refractivity contribution in [2.75, 3.05) is 25.4 Å². The molecule has 5 aromatic rings. The Hall–Kier alpha value is -5.10. The molecule has 1 saturated heterocycles. The van der Waals surface area contributed by atoms with E-state index in [1.165, 1.54) is 18.2 Å². The van der Waals surface area contributed by atoms with Crippen molar-refractivity contribution >= 4 is 39.1 Å². The number of nitrogens with one attached hydrogen (secondary N) is 1. The van der Waals surface area contributed by atoms with Gasteiger partial charge in [0.15, 0.2) is 0 Å². The second kappa shape index (κ2) is 11.8. The number of rotatable bonds is 7. The van der Waals surface area contributed by atoms with E-state index in [1.54, 1.807) is 34.6 Å². The quantitative estimate of drug-likeness (QED) is 0.243. The number of amides is 2. The topological polar surface area (TPSA) is 128 Å². The Bertz CT molecular complexity index is 1970. The van der Waals surface area contributed by atoms with Crippen LogP contribution < -0.4 is 15.8 Å². The van der Waals surface area contributed by atoms with Gasteiger partial charge in [-0.2, -0.15) is 5.10 Å². The number of thiophene rings is 1. The molecule has 2 aliphatic heterocycles. The molecule has 0 saturated carbocycles. The minimum atomic E-state index is -0.430. The van der Waals surface area contributed by atoms with Crippen LogP contribution in [0.4, 0.5) is 10.2 Å². The van der Waals surface area contributed by atoms with Gasteiger partial charge in [0.25, 0.3) is 0 Å². The molecule has 0 aliphatic carbocycles. The van der Waals surface area contributed by atoms with Crippen LogP contribution in [0.25, 0.3) is 43.9 Å². The Morgan fingerprint density at radius 3 is 2.91 bits per heavy atom. The number of halogens is 1. The predicted molar refractivity (Wildman–Crippen MR) is 171 cm³/mol. The van der Waals surface area contributed by atoms with Crippen LogP contribution >= 0.6 is 11.3 Å². The van der Waals surface area contributed by atoms with Crippen molar-refractivity contribution in [2.45, 2.75) is 25.9 Å². The molecule has 0 spiro atoms. The van der Waals surface area contributed by atoms with Crippen molar-refractivity contribution < 1.29 is 18.7 Å². The van der Waals surface area contributed by atoms with Gasteiger partial charge < -0.3 is 20.7 Å². The van der Waals surface area contributed by atoms with Crippen molar-refractivity contribution in [3.05, 3.63) is 78.2 Å². The second-order valence-corrected chi connectivity index (χ2v) is 12.1. The highest BCUT2D eigenvalue weighted by molar-refractivity contribution is 7.18. The van der Waals surface area contributed by atoms with Crippen LogP contribution in [0.1, 0.15) is 18.5 Å². The van der Waals surface area contributed by atoms with E-state index in [-0.39, 0.29) is 24.3 Å². The van der Waals surface area contributed by atoms with E-state index in [1.807, 2.05) is 28.3 Å². The van der Waals surface area contributed by atoms with Crippen LogP contribution in [0.5, 0.6) is 5.75 Å². The van der Waals surface area contributed by atoms with E-state index in [0.717, 1.165) is 33.3 Å². The zero-order valence-electron chi connectivity index (χ0n) is 24.3.